The molecule has 0 aromatic carbocycles. The monoisotopic (exact) mass is 447 g/mol. The molecule has 1 saturated heterocycles. The van der Waals surface area contributed by atoms with E-state index >= 15 is 0 Å². The molecular formula is C20H37N3O6S. The van der Waals surface area contributed by atoms with Gasteiger partial charge in [0.05, 0.1) is 7.11 Å². The highest BCUT2D eigenvalue weighted by molar-refractivity contribution is 7.87. The Morgan fingerprint density at radius 2 is 1.60 bits per heavy atom. The Morgan fingerprint density at radius 3 is 2.07 bits per heavy atom. The Balaban J connectivity index is 2.04. The first-order valence-electron chi connectivity index (χ1n) is 10.7. The normalized spacial score (nSPS) is 21.2. The zero-order valence-electron chi connectivity index (χ0n) is 18.9. The Hall–Kier alpha value is -1.39. The van der Waals surface area contributed by atoms with Crippen LogP contribution >= 0.6 is 0 Å². The van der Waals surface area contributed by atoms with Crippen molar-refractivity contribution < 1.29 is 27.5 Å². The molecule has 0 bridgehead atoms. The van der Waals surface area contributed by atoms with E-state index in [2.05, 4.69) is 4.72 Å². The minimum Gasteiger partial charge on any atom is -0.468 e. The highest BCUT2D eigenvalue weighted by Crippen LogP contribution is 2.30. The molecule has 2 aliphatic rings. The molecule has 0 radical (unpaired) electrons. The van der Waals surface area contributed by atoms with Crippen LogP contribution in [0.1, 0.15) is 72.1 Å². The minimum atomic E-state index is -3.91. The zero-order valence-corrected chi connectivity index (χ0v) is 19.7. The molecule has 1 aliphatic heterocycles. The van der Waals surface area contributed by atoms with E-state index in [1.165, 1.54) is 18.5 Å². The molecule has 1 heterocycles. The molecule has 10 heteroatoms. The summed E-state index contributed by atoms with van der Waals surface area (Å²) >= 11 is 0. The van der Waals surface area contributed by atoms with Crippen LogP contribution in [0.3, 0.4) is 0 Å². The summed E-state index contributed by atoms with van der Waals surface area (Å²) in [5, 5.41) is 0. The van der Waals surface area contributed by atoms with E-state index in [-0.39, 0.29) is 12.1 Å². The van der Waals surface area contributed by atoms with Crippen LogP contribution in [0.2, 0.25) is 0 Å². The number of rotatable bonds is 5. The molecule has 9 nitrogen and oxygen atoms in total. The summed E-state index contributed by atoms with van der Waals surface area (Å²) in [4.78, 5) is 26.4. The lowest BCUT2D eigenvalue weighted by molar-refractivity contribution is -0.148. The molecular weight excluding hydrogens is 410 g/mol. The predicted octanol–water partition coefficient (Wildman–Crippen LogP) is 2.42. The van der Waals surface area contributed by atoms with Crippen molar-refractivity contribution in [1.82, 2.24) is 13.9 Å². The summed E-state index contributed by atoms with van der Waals surface area (Å²) in [6.07, 6.45) is 4.98. The maximum absolute atomic E-state index is 13.1. The lowest BCUT2D eigenvalue weighted by Gasteiger charge is -2.38. The number of esters is 1. The average Bonchev–Trinajstić information content (AvgIpc) is 2.91. The number of hydrogen-bond acceptors (Lipinski definition) is 6. The van der Waals surface area contributed by atoms with Crippen molar-refractivity contribution in [2.75, 3.05) is 27.2 Å². The molecule has 1 amide bonds. The van der Waals surface area contributed by atoms with E-state index in [4.69, 9.17) is 9.47 Å². The van der Waals surface area contributed by atoms with Crippen molar-refractivity contribution in [1.29, 1.82) is 0 Å². The van der Waals surface area contributed by atoms with Crippen LogP contribution < -0.4 is 4.72 Å². The number of nitrogens with one attached hydrogen (secondary N) is 1. The number of methoxy groups -OCH3 is 1. The fraction of sp³-hybridized carbons (Fsp3) is 0.900. The van der Waals surface area contributed by atoms with Gasteiger partial charge in [0.1, 0.15) is 11.1 Å². The van der Waals surface area contributed by atoms with Crippen LogP contribution in [0.5, 0.6) is 0 Å². The maximum atomic E-state index is 13.1. The number of nitrogens with zero attached hydrogens (tertiary/aromatic N) is 2. The second-order valence-electron chi connectivity index (χ2n) is 9.31. The van der Waals surface area contributed by atoms with Gasteiger partial charge in [0, 0.05) is 26.2 Å². The van der Waals surface area contributed by atoms with Crippen molar-refractivity contribution >= 4 is 22.3 Å². The summed E-state index contributed by atoms with van der Waals surface area (Å²) in [5.74, 6) is -0.527. The summed E-state index contributed by atoms with van der Waals surface area (Å²) in [5.41, 5.74) is -1.78. The summed E-state index contributed by atoms with van der Waals surface area (Å²) in [6.45, 7) is 6.28. The van der Waals surface area contributed by atoms with Gasteiger partial charge in [0.2, 0.25) is 0 Å². The molecule has 1 aliphatic carbocycles. The Morgan fingerprint density at radius 1 is 1.07 bits per heavy atom. The van der Waals surface area contributed by atoms with E-state index in [9.17, 15) is 18.0 Å². The van der Waals surface area contributed by atoms with E-state index in [1.807, 2.05) is 20.8 Å². The second-order valence-corrected chi connectivity index (χ2v) is 11.0. The quantitative estimate of drug-likeness (QED) is 0.513. The number of carbonyl (C=O) groups is 2. The Labute approximate surface area is 180 Å². The fourth-order valence-corrected chi connectivity index (χ4v) is 5.66. The number of hydrogen-bond donors (Lipinski definition) is 1. The minimum absolute atomic E-state index is 0.262. The van der Waals surface area contributed by atoms with Gasteiger partial charge in [-0.25, -0.2) is 4.79 Å². The lowest BCUT2D eigenvalue weighted by atomic mass is 9.92. The molecule has 0 atom stereocenters. The Bertz CT molecular complexity index is 703. The number of carbonyl (C=O) groups excluding carboxylic acids is 2. The molecule has 0 aromatic heterocycles. The van der Waals surface area contributed by atoms with Crippen LogP contribution in [0.15, 0.2) is 0 Å². The van der Waals surface area contributed by atoms with Gasteiger partial charge < -0.3 is 14.4 Å². The highest BCUT2D eigenvalue weighted by Gasteiger charge is 2.45. The van der Waals surface area contributed by atoms with Gasteiger partial charge in [-0.15, -0.1) is 0 Å². The molecule has 0 spiro atoms. The van der Waals surface area contributed by atoms with Gasteiger partial charge in [-0.1, -0.05) is 25.7 Å². The predicted molar refractivity (Wildman–Crippen MR) is 113 cm³/mol. The molecule has 0 aromatic rings. The number of amides is 1. The molecule has 174 valence electrons. The molecule has 30 heavy (non-hydrogen) atoms. The van der Waals surface area contributed by atoms with Crippen LogP contribution in [-0.4, -0.2) is 74.1 Å². The van der Waals surface area contributed by atoms with E-state index in [0.29, 0.717) is 38.8 Å². The van der Waals surface area contributed by atoms with Gasteiger partial charge in [0.15, 0.2) is 0 Å². The highest BCUT2D eigenvalue weighted by atomic mass is 32.2. The lowest BCUT2D eigenvalue weighted by Crippen LogP contribution is -2.59. The van der Waals surface area contributed by atoms with Gasteiger partial charge in [0.25, 0.3) is 10.2 Å². The van der Waals surface area contributed by atoms with Crippen LogP contribution in [0, 0.1) is 0 Å². The first-order valence-corrected chi connectivity index (χ1v) is 12.2. The fourth-order valence-electron chi connectivity index (χ4n) is 4.13. The Kier molecular flexibility index (Phi) is 8.15. The van der Waals surface area contributed by atoms with E-state index in [1.54, 1.807) is 4.90 Å². The molecule has 0 unspecified atom stereocenters. The molecule has 2 rings (SSSR count). The summed E-state index contributed by atoms with van der Waals surface area (Å²) in [6, 6.07) is -0.262. The van der Waals surface area contributed by atoms with Crippen LogP contribution in [0.4, 0.5) is 4.79 Å². The van der Waals surface area contributed by atoms with Gasteiger partial charge >= 0.3 is 12.1 Å². The maximum Gasteiger partial charge on any atom is 0.410 e. The van der Waals surface area contributed by atoms with Crippen LogP contribution in [-0.2, 0) is 24.5 Å². The summed E-state index contributed by atoms with van der Waals surface area (Å²) in [7, 11) is -1.09. The second kappa shape index (κ2) is 9.82. The van der Waals surface area contributed by atoms with Gasteiger partial charge in [-0.05, 0) is 46.5 Å². The summed E-state index contributed by atoms with van der Waals surface area (Å²) < 4.78 is 40.6. The van der Waals surface area contributed by atoms with Gasteiger partial charge in [-0.3, -0.25) is 4.79 Å². The third-order valence-corrected chi connectivity index (χ3v) is 7.57. The molecule has 1 saturated carbocycles. The molecule has 2 fully saturated rings. The number of ether oxygens (including phenoxy) is 2. The van der Waals surface area contributed by atoms with Crippen LogP contribution in [0.25, 0.3) is 0 Å². The average molecular weight is 448 g/mol. The number of piperidine rings is 1. The van der Waals surface area contributed by atoms with Crippen molar-refractivity contribution in [2.24, 2.45) is 0 Å². The zero-order chi connectivity index (χ0) is 22.6. The van der Waals surface area contributed by atoms with Crippen molar-refractivity contribution in [3.8, 4) is 0 Å². The topological polar surface area (TPSA) is 105 Å². The largest absolute Gasteiger partial charge is 0.468 e. The third kappa shape index (κ3) is 6.31. The van der Waals surface area contributed by atoms with Crippen molar-refractivity contribution in [3.05, 3.63) is 0 Å². The van der Waals surface area contributed by atoms with Gasteiger partial charge in [-0.2, -0.15) is 17.4 Å². The van der Waals surface area contributed by atoms with E-state index < -0.39 is 27.3 Å². The molecule has 1 N–H and O–H groups in total. The third-order valence-electron chi connectivity index (χ3n) is 5.87. The number of likely N-dealkylation sites (tertiary alicyclic amines) is 1. The smallest absolute Gasteiger partial charge is 0.410 e. The SMILES string of the molecule is COC(=O)C1(NS(=O)(=O)N(C)C2CCN(C(=O)OC(C)(C)C)CC2)CCCCCC1. The first kappa shape index (κ1) is 24.9. The standard InChI is InChI=1S/C20H37N3O6S/c1-19(2,3)29-18(25)23-14-10-16(11-15-23)22(4)30(26,27)21-20(17(24)28-5)12-8-6-7-9-13-20/h16,21H,6-15H2,1-5H3. The van der Waals surface area contributed by atoms with Crippen molar-refractivity contribution in [2.45, 2.75) is 89.3 Å². The first-order chi connectivity index (χ1) is 13.9. The van der Waals surface area contributed by atoms with E-state index in [0.717, 1.165) is 25.7 Å². The van der Waals surface area contributed by atoms with Crippen molar-refractivity contribution in [3.63, 3.8) is 0 Å².